The molecular formula is C51H54F2N12O3. The number of nitrogens with one attached hydrogen (secondary N) is 2. The highest BCUT2D eigenvalue weighted by Gasteiger charge is 2.29. The summed E-state index contributed by atoms with van der Waals surface area (Å²) in [6, 6.07) is 16.1. The molecule has 1 aromatic carbocycles. The van der Waals surface area contributed by atoms with Gasteiger partial charge in [-0.2, -0.15) is 15.5 Å². The molecule has 3 saturated heterocycles. The molecule has 10 rings (SSSR count). The Labute approximate surface area is 393 Å². The lowest BCUT2D eigenvalue weighted by atomic mass is 9.80. The Morgan fingerprint density at radius 1 is 0.765 bits per heavy atom. The van der Waals surface area contributed by atoms with Gasteiger partial charge in [0.2, 0.25) is 17.7 Å². The van der Waals surface area contributed by atoms with Gasteiger partial charge in [0.1, 0.15) is 29.6 Å². The van der Waals surface area contributed by atoms with Crippen LogP contribution in [0.25, 0.3) is 27.8 Å². The van der Waals surface area contributed by atoms with Crippen LogP contribution in [0, 0.1) is 34.8 Å². The first-order valence-electron chi connectivity index (χ1n) is 23.8. The normalized spacial score (nSPS) is 20.4. The van der Waals surface area contributed by atoms with Crippen molar-refractivity contribution in [1.29, 1.82) is 5.26 Å². The molecule has 3 aliphatic heterocycles. The fourth-order valence-electron chi connectivity index (χ4n) is 10.5. The number of benzene rings is 1. The minimum Gasteiger partial charge on any atom is -0.374 e. The number of imide groups is 1. The molecule has 1 saturated carbocycles. The topological polar surface area (TPSA) is 170 Å². The number of rotatable bonds is 12. The summed E-state index contributed by atoms with van der Waals surface area (Å²) in [7, 11) is 0. The first-order chi connectivity index (χ1) is 33.1. The van der Waals surface area contributed by atoms with E-state index in [0.29, 0.717) is 78.6 Å². The van der Waals surface area contributed by atoms with Crippen LogP contribution in [0.1, 0.15) is 81.5 Å². The minimum atomic E-state index is -0.549. The molecule has 15 nitrogen and oxygen atoms in total. The maximum Gasteiger partial charge on any atom is 0.249 e. The van der Waals surface area contributed by atoms with Gasteiger partial charge >= 0.3 is 0 Å². The number of nitrogens with zero attached hydrogens (tertiary/aromatic N) is 10. The second-order valence-electron chi connectivity index (χ2n) is 18.7. The summed E-state index contributed by atoms with van der Waals surface area (Å²) in [5.74, 6) is 0.700. The van der Waals surface area contributed by atoms with Crippen LogP contribution < -0.4 is 20.4 Å². The molecule has 5 aromatic heterocycles. The molecule has 2 N–H and O–H groups in total. The van der Waals surface area contributed by atoms with E-state index in [4.69, 9.17) is 10.1 Å². The van der Waals surface area contributed by atoms with E-state index in [2.05, 4.69) is 53.5 Å². The summed E-state index contributed by atoms with van der Waals surface area (Å²) >= 11 is 0. The van der Waals surface area contributed by atoms with Crippen LogP contribution in [0.5, 0.6) is 0 Å². The van der Waals surface area contributed by atoms with Gasteiger partial charge in [-0.3, -0.25) is 29.4 Å². The Kier molecular flexibility index (Phi) is 12.8. The number of aromatic nitrogens is 6. The maximum atomic E-state index is 15.3. The fourth-order valence-corrected chi connectivity index (χ4v) is 10.5. The van der Waals surface area contributed by atoms with Crippen LogP contribution >= 0.6 is 0 Å². The number of hydrogen-bond donors (Lipinski definition) is 2. The van der Waals surface area contributed by atoms with Crippen molar-refractivity contribution in [2.75, 3.05) is 54.4 Å². The third-order valence-electron chi connectivity index (χ3n) is 14.5. The molecule has 68 heavy (non-hydrogen) atoms. The molecule has 8 heterocycles. The lowest BCUT2D eigenvalue weighted by Gasteiger charge is -2.35. The molecule has 1 aliphatic carbocycles. The van der Waals surface area contributed by atoms with Crippen LogP contribution in [0.3, 0.4) is 0 Å². The molecule has 4 aliphatic rings. The van der Waals surface area contributed by atoms with Gasteiger partial charge in [-0.25, -0.2) is 18.3 Å². The molecule has 1 unspecified atom stereocenters. The van der Waals surface area contributed by atoms with E-state index in [-0.39, 0.29) is 36.4 Å². The highest BCUT2D eigenvalue weighted by Crippen LogP contribution is 2.38. The molecule has 3 amide bonds. The van der Waals surface area contributed by atoms with Crippen LogP contribution in [0.2, 0.25) is 0 Å². The zero-order valence-electron chi connectivity index (χ0n) is 37.9. The predicted octanol–water partition coefficient (Wildman–Crippen LogP) is 7.34. The maximum absolute atomic E-state index is 15.3. The lowest BCUT2D eigenvalue weighted by molar-refractivity contribution is -0.134. The number of anilines is 3. The van der Waals surface area contributed by atoms with E-state index in [0.717, 1.165) is 85.9 Å². The molecule has 0 bridgehead atoms. The highest BCUT2D eigenvalue weighted by atomic mass is 19.1. The van der Waals surface area contributed by atoms with Gasteiger partial charge in [0, 0.05) is 97.9 Å². The summed E-state index contributed by atoms with van der Waals surface area (Å²) in [6.07, 6.45) is 20.3. The monoisotopic (exact) mass is 920 g/mol. The first-order valence-corrected chi connectivity index (χ1v) is 23.8. The number of pyridine rings is 3. The molecule has 0 spiro atoms. The number of halogens is 2. The molecule has 6 aromatic rings. The molecular weight excluding hydrogens is 867 g/mol. The Balaban J connectivity index is 0.712. The van der Waals surface area contributed by atoms with Crippen LogP contribution in [0.4, 0.5) is 26.0 Å². The van der Waals surface area contributed by atoms with E-state index in [1.165, 1.54) is 25.0 Å². The van der Waals surface area contributed by atoms with Crippen molar-refractivity contribution in [3.05, 3.63) is 109 Å². The van der Waals surface area contributed by atoms with E-state index < -0.39 is 11.9 Å². The number of carbonyl (C=O) groups excluding carboxylic acids is 3. The summed E-state index contributed by atoms with van der Waals surface area (Å²) in [4.78, 5) is 51.5. The summed E-state index contributed by atoms with van der Waals surface area (Å²) in [6.45, 7) is 3.98. The average Bonchev–Trinajstić information content (AvgIpc) is 4.04. The molecule has 350 valence electrons. The SMILES string of the molecule is N#Cc1cnn2cc(-c3cnn([C@H]4CC[C@H](CCC5CCN(c6ccc(NC7CCC(=O)NC7=O)cc6F)CC5)CC4)c3)cc(-c3ccc(N4CCN(C(=O)Cc5ccc(F)cn5)CC4)nc3)c12. The van der Waals surface area contributed by atoms with Gasteiger partial charge in [-0.05, 0) is 105 Å². The average molecular weight is 921 g/mol. The number of piperazine rings is 1. The minimum absolute atomic E-state index is 0.0362. The van der Waals surface area contributed by atoms with E-state index in [9.17, 15) is 24.0 Å². The van der Waals surface area contributed by atoms with Gasteiger partial charge < -0.3 is 20.0 Å². The molecule has 17 heteroatoms. The number of piperidine rings is 2. The van der Waals surface area contributed by atoms with Crippen molar-refractivity contribution in [2.24, 2.45) is 11.8 Å². The predicted molar refractivity (Wildman–Crippen MR) is 252 cm³/mol. The second-order valence-corrected chi connectivity index (χ2v) is 18.7. The fraction of sp³-hybridized carbons (Fsp3) is 0.412. The number of amides is 3. The first kappa shape index (κ1) is 44.6. The van der Waals surface area contributed by atoms with Crippen molar-refractivity contribution in [3.8, 4) is 28.3 Å². The Morgan fingerprint density at radius 2 is 1.56 bits per heavy atom. The third-order valence-corrected chi connectivity index (χ3v) is 14.5. The number of fused-ring (bicyclic) bond motifs is 1. The van der Waals surface area contributed by atoms with Crippen molar-refractivity contribution in [2.45, 2.75) is 82.7 Å². The van der Waals surface area contributed by atoms with E-state index in [1.807, 2.05) is 41.7 Å². The second kappa shape index (κ2) is 19.6. The Morgan fingerprint density at radius 3 is 2.26 bits per heavy atom. The van der Waals surface area contributed by atoms with Gasteiger partial charge in [-0.15, -0.1) is 0 Å². The van der Waals surface area contributed by atoms with Crippen LogP contribution in [0.15, 0.2) is 85.7 Å². The van der Waals surface area contributed by atoms with Crippen LogP contribution in [-0.2, 0) is 20.8 Å². The van der Waals surface area contributed by atoms with E-state index in [1.54, 1.807) is 22.8 Å². The molecule has 1 atom stereocenters. The quantitative estimate of drug-likeness (QED) is 0.118. The van der Waals surface area contributed by atoms with Crippen molar-refractivity contribution in [1.82, 2.24) is 39.6 Å². The van der Waals surface area contributed by atoms with Gasteiger partial charge in [0.05, 0.1) is 47.8 Å². The van der Waals surface area contributed by atoms with Crippen molar-refractivity contribution < 1.29 is 23.2 Å². The van der Waals surface area contributed by atoms with E-state index >= 15 is 4.39 Å². The zero-order valence-corrected chi connectivity index (χ0v) is 37.9. The standard InChI is InChI=1S/C51H54F2N12O3/c52-39-6-7-40(55-30-39)25-49(67)63-21-19-62(20-22-63)47-13-5-35(27-56-47)43-23-36(31-65-50(43)37(26-54)28-58-65)38-29-57-64(32-38)42-9-3-33(4-10-42)1-2-34-15-17-61(18-16-34)46-12-8-41(24-44(46)53)59-45-11-14-48(66)60-51(45)68/h5-8,12-13,23-24,27-34,42,45,59H,1-4,9-11,14-22,25H2,(H,60,66,68)/t33-,42-,45?. The Hall–Kier alpha value is -7.22. The van der Waals surface area contributed by atoms with Crippen LogP contribution in [-0.4, -0.2) is 97.3 Å². The zero-order chi connectivity index (χ0) is 46.7. The number of carbonyl (C=O) groups is 3. The summed E-state index contributed by atoms with van der Waals surface area (Å²) in [5, 5.41) is 24.8. The van der Waals surface area contributed by atoms with Gasteiger partial charge in [-0.1, -0.05) is 12.8 Å². The van der Waals surface area contributed by atoms with Crippen molar-refractivity contribution >= 4 is 40.4 Å². The summed E-state index contributed by atoms with van der Waals surface area (Å²) in [5.41, 5.74) is 6.48. The number of nitriles is 1. The van der Waals surface area contributed by atoms with Gasteiger partial charge in [0.25, 0.3) is 0 Å². The molecule has 4 fully saturated rings. The van der Waals surface area contributed by atoms with Gasteiger partial charge in [0.15, 0.2) is 0 Å². The number of hydrogen-bond acceptors (Lipinski definition) is 11. The summed E-state index contributed by atoms with van der Waals surface area (Å²) < 4.78 is 32.4. The highest BCUT2D eigenvalue weighted by molar-refractivity contribution is 6.01. The largest absolute Gasteiger partial charge is 0.374 e. The smallest absolute Gasteiger partial charge is 0.249 e. The Bertz CT molecular complexity index is 2830. The third kappa shape index (κ3) is 9.76. The lowest BCUT2D eigenvalue weighted by Crippen LogP contribution is -2.49. The van der Waals surface area contributed by atoms with Crippen molar-refractivity contribution in [3.63, 3.8) is 0 Å². The molecule has 0 radical (unpaired) electrons.